The second-order valence-electron chi connectivity index (χ2n) is 7.37. The number of carbonyl (C=O) groups is 1. The number of ether oxygens (including phenoxy) is 1. The van der Waals surface area contributed by atoms with E-state index in [9.17, 15) is 4.79 Å². The molecule has 1 aromatic rings. The van der Waals surface area contributed by atoms with Crippen LogP contribution in [0.15, 0.2) is 18.3 Å². The van der Waals surface area contributed by atoms with Crippen molar-refractivity contribution in [3.8, 4) is 0 Å². The minimum atomic E-state index is -0.505. The summed E-state index contributed by atoms with van der Waals surface area (Å²) in [6, 6.07) is 4.50. The highest BCUT2D eigenvalue weighted by atomic mass is 16.6. The smallest absolute Gasteiger partial charge is 0.415 e. The number of anilines is 1. The second-order valence-corrected chi connectivity index (χ2v) is 7.37. The first-order valence-electron chi connectivity index (χ1n) is 9.06. The van der Waals surface area contributed by atoms with Gasteiger partial charge in [-0.3, -0.25) is 9.80 Å². The first-order valence-corrected chi connectivity index (χ1v) is 9.06. The predicted octanol–water partition coefficient (Wildman–Crippen LogP) is 4.39. The van der Waals surface area contributed by atoms with Crippen LogP contribution in [0.25, 0.3) is 0 Å². The van der Waals surface area contributed by atoms with Crippen molar-refractivity contribution < 1.29 is 9.53 Å². The molecule has 1 saturated heterocycles. The normalized spacial score (nSPS) is 18.6. The van der Waals surface area contributed by atoms with E-state index in [1.807, 2.05) is 40.0 Å². The molecular weight excluding hydrogens is 302 g/mol. The first kappa shape index (κ1) is 18.7. The van der Waals surface area contributed by atoms with E-state index >= 15 is 0 Å². The van der Waals surface area contributed by atoms with Gasteiger partial charge in [-0.15, -0.1) is 0 Å². The standard InChI is InChI=1S/C19H31N3O2/c1-6-12-21-13-8-9-16(21)15-10-11-17(20-14-15)22(7-2)18(23)24-19(3,4)5/h10-11,14,16H,6-9,12-13H2,1-5H3/t16-/m1/s1. The summed E-state index contributed by atoms with van der Waals surface area (Å²) in [5.41, 5.74) is 0.736. The fourth-order valence-electron chi connectivity index (χ4n) is 3.21. The van der Waals surface area contributed by atoms with Gasteiger partial charge < -0.3 is 4.74 Å². The van der Waals surface area contributed by atoms with E-state index in [2.05, 4.69) is 22.9 Å². The van der Waals surface area contributed by atoms with Gasteiger partial charge in [0, 0.05) is 18.8 Å². The van der Waals surface area contributed by atoms with Crippen LogP contribution < -0.4 is 4.90 Å². The molecule has 1 aliphatic heterocycles. The van der Waals surface area contributed by atoms with Crippen molar-refractivity contribution in [2.75, 3.05) is 24.5 Å². The first-order chi connectivity index (χ1) is 11.4. The predicted molar refractivity (Wildman–Crippen MR) is 97.3 cm³/mol. The maximum Gasteiger partial charge on any atom is 0.415 e. The second kappa shape index (κ2) is 7.97. The molecule has 1 aromatic heterocycles. The van der Waals surface area contributed by atoms with Crippen LogP contribution in [-0.4, -0.2) is 41.2 Å². The summed E-state index contributed by atoms with van der Waals surface area (Å²) in [4.78, 5) is 21.0. The summed E-state index contributed by atoms with van der Waals surface area (Å²) in [6.45, 7) is 12.6. The van der Waals surface area contributed by atoms with Gasteiger partial charge in [-0.1, -0.05) is 13.0 Å². The van der Waals surface area contributed by atoms with Crippen LogP contribution in [0.3, 0.4) is 0 Å². The van der Waals surface area contributed by atoms with Crippen molar-refractivity contribution >= 4 is 11.9 Å². The zero-order valence-electron chi connectivity index (χ0n) is 15.7. The quantitative estimate of drug-likeness (QED) is 0.801. The number of nitrogens with zero attached hydrogens (tertiary/aromatic N) is 3. The maximum atomic E-state index is 12.3. The molecule has 1 atom stereocenters. The molecule has 0 bridgehead atoms. The number of likely N-dealkylation sites (tertiary alicyclic amines) is 1. The molecule has 2 rings (SSSR count). The third-order valence-electron chi connectivity index (χ3n) is 4.24. The molecule has 0 spiro atoms. The molecule has 0 radical (unpaired) electrons. The molecule has 0 unspecified atom stereocenters. The molecular formula is C19H31N3O2. The van der Waals surface area contributed by atoms with Crippen LogP contribution in [0, 0.1) is 0 Å². The summed E-state index contributed by atoms with van der Waals surface area (Å²) >= 11 is 0. The van der Waals surface area contributed by atoms with Gasteiger partial charge in [-0.05, 0) is 71.7 Å². The van der Waals surface area contributed by atoms with Crippen molar-refractivity contribution in [2.45, 2.75) is 65.5 Å². The monoisotopic (exact) mass is 333 g/mol. The molecule has 5 nitrogen and oxygen atoms in total. The molecule has 0 aromatic carbocycles. The molecule has 0 saturated carbocycles. The Labute approximate surface area is 146 Å². The lowest BCUT2D eigenvalue weighted by molar-refractivity contribution is 0.0581. The van der Waals surface area contributed by atoms with Crippen LogP contribution in [-0.2, 0) is 4.74 Å². The Balaban J connectivity index is 2.11. The molecule has 134 valence electrons. The van der Waals surface area contributed by atoms with Crippen LogP contribution in [0.4, 0.5) is 10.6 Å². The third kappa shape index (κ3) is 4.69. The van der Waals surface area contributed by atoms with Gasteiger partial charge in [0.2, 0.25) is 0 Å². The van der Waals surface area contributed by atoms with Gasteiger partial charge in [0.1, 0.15) is 11.4 Å². The van der Waals surface area contributed by atoms with Gasteiger partial charge in [-0.2, -0.15) is 0 Å². The number of hydrogen-bond donors (Lipinski definition) is 0. The van der Waals surface area contributed by atoms with E-state index in [0.29, 0.717) is 18.4 Å². The van der Waals surface area contributed by atoms with Gasteiger partial charge in [0.25, 0.3) is 0 Å². The Morgan fingerprint density at radius 3 is 2.67 bits per heavy atom. The van der Waals surface area contributed by atoms with Crippen molar-refractivity contribution in [3.05, 3.63) is 23.9 Å². The lowest BCUT2D eigenvalue weighted by Crippen LogP contribution is -2.37. The lowest BCUT2D eigenvalue weighted by atomic mass is 10.1. The van der Waals surface area contributed by atoms with Crippen LogP contribution in [0.5, 0.6) is 0 Å². The SMILES string of the molecule is CCCN1CCC[C@@H]1c1ccc(N(CC)C(=O)OC(C)(C)C)nc1. The number of pyridine rings is 1. The Morgan fingerprint density at radius 2 is 2.12 bits per heavy atom. The Kier molecular flexibility index (Phi) is 6.21. The summed E-state index contributed by atoms with van der Waals surface area (Å²) < 4.78 is 5.46. The van der Waals surface area contributed by atoms with E-state index in [1.54, 1.807) is 4.90 Å². The molecule has 5 heteroatoms. The highest BCUT2D eigenvalue weighted by Crippen LogP contribution is 2.32. The lowest BCUT2D eigenvalue weighted by Gasteiger charge is -2.27. The zero-order chi connectivity index (χ0) is 17.7. The van der Waals surface area contributed by atoms with E-state index in [4.69, 9.17) is 4.74 Å². The van der Waals surface area contributed by atoms with E-state index in [1.165, 1.54) is 31.4 Å². The highest BCUT2D eigenvalue weighted by molar-refractivity contribution is 5.86. The van der Waals surface area contributed by atoms with Crippen LogP contribution >= 0.6 is 0 Å². The fourth-order valence-corrected chi connectivity index (χ4v) is 3.21. The van der Waals surface area contributed by atoms with Gasteiger partial charge in [-0.25, -0.2) is 9.78 Å². The summed E-state index contributed by atoms with van der Waals surface area (Å²) in [5.74, 6) is 0.649. The maximum absolute atomic E-state index is 12.3. The number of rotatable bonds is 5. The number of aromatic nitrogens is 1. The molecule has 24 heavy (non-hydrogen) atoms. The minimum absolute atomic E-state index is 0.348. The number of amides is 1. The van der Waals surface area contributed by atoms with E-state index < -0.39 is 5.60 Å². The molecule has 2 heterocycles. The van der Waals surface area contributed by atoms with Crippen LogP contribution in [0.1, 0.15) is 65.5 Å². The fraction of sp³-hybridized carbons (Fsp3) is 0.684. The van der Waals surface area contributed by atoms with E-state index in [-0.39, 0.29) is 6.09 Å². The Hall–Kier alpha value is -1.62. The number of carbonyl (C=O) groups excluding carboxylic acids is 1. The Bertz CT molecular complexity index is 537. The van der Waals surface area contributed by atoms with Crippen LogP contribution in [0.2, 0.25) is 0 Å². The molecule has 0 aliphatic carbocycles. The Morgan fingerprint density at radius 1 is 1.38 bits per heavy atom. The number of hydrogen-bond acceptors (Lipinski definition) is 4. The minimum Gasteiger partial charge on any atom is -0.443 e. The average molecular weight is 333 g/mol. The summed E-state index contributed by atoms with van der Waals surface area (Å²) in [7, 11) is 0. The largest absolute Gasteiger partial charge is 0.443 e. The van der Waals surface area contributed by atoms with Crippen molar-refractivity contribution in [2.24, 2.45) is 0 Å². The van der Waals surface area contributed by atoms with Gasteiger partial charge in [0.15, 0.2) is 0 Å². The summed E-state index contributed by atoms with van der Waals surface area (Å²) in [5, 5.41) is 0. The molecule has 0 N–H and O–H groups in total. The molecule has 1 amide bonds. The van der Waals surface area contributed by atoms with Crippen molar-refractivity contribution in [1.29, 1.82) is 0 Å². The topological polar surface area (TPSA) is 45.7 Å². The van der Waals surface area contributed by atoms with E-state index in [0.717, 1.165) is 6.54 Å². The zero-order valence-corrected chi connectivity index (χ0v) is 15.7. The molecule has 1 aliphatic rings. The van der Waals surface area contributed by atoms with Crippen molar-refractivity contribution in [3.63, 3.8) is 0 Å². The van der Waals surface area contributed by atoms with Crippen molar-refractivity contribution in [1.82, 2.24) is 9.88 Å². The van der Waals surface area contributed by atoms with Gasteiger partial charge in [0.05, 0.1) is 0 Å². The third-order valence-corrected chi connectivity index (χ3v) is 4.24. The molecule has 1 fully saturated rings. The summed E-state index contributed by atoms with van der Waals surface area (Å²) in [6.07, 6.45) is 5.17. The highest BCUT2D eigenvalue weighted by Gasteiger charge is 2.26. The van der Waals surface area contributed by atoms with Gasteiger partial charge >= 0.3 is 6.09 Å². The average Bonchev–Trinajstić information content (AvgIpc) is 2.95.